The normalized spacial score (nSPS) is 10.9. The van der Waals surface area contributed by atoms with Gasteiger partial charge in [0.2, 0.25) is 0 Å². The molecule has 5 heteroatoms. The summed E-state index contributed by atoms with van der Waals surface area (Å²) in [6.45, 7) is 8.13. The number of aryl methyl sites for hydroxylation is 3. The number of carbonyl (C=O) groups is 1. The topological polar surface area (TPSA) is 48.9 Å². The van der Waals surface area contributed by atoms with Crippen molar-refractivity contribution in [1.29, 1.82) is 0 Å². The molecule has 0 aliphatic rings. The van der Waals surface area contributed by atoms with Gasteiger partial charge in [0, 0.05) is 34.8 Å². The second-order valence-corrected chi connectivity index (χ2v) is 7.54. The lowest BCUT2D eigenvalue weighted by atomic mass is 10.1. The largest absolute Gasteiger partial charge is 0.618 e. The van der Waals surface area contributed by atoms with Crippen LogP contribution in [0.3, 0.4) is 0 Å². The molecule has 0 aliphatic heterocycles. The smallest absolute Gasteiger partial charge is 0.251 e. The van der Waals surface area contributed by atoms with E-state index in [-0.39, 0.29) is 11.5 Å². The molecule has 3 rings (SSSR count). The summed E-state index contributed by atoms with van der Waals surface area (Å²) >= 11 is 1.27. The fourth-order valence-corrected chi connectivity index (χ4v) is 4.06. The first-order valence-corrected chi connectivity index (χ1v) is 9.47. The molecule has 0 bridgehead atoms. The average molecular weight is 366 g/mol. The van der Waals surface area contributed by atoms with Crippen molar-refractivity contribution >= 4 is 17.5 Å². The van der Waals surface area contributed by atoms with Crippen molar-refractivity contribution in [2.75, 3.05) is 5.75 Å². The van der Waals surface area contributed by atoms with E-state index >= 15 is 0 Å². The number of nitrogens with zero attached hydrogens (tertiary/aromatic N) is 2. The van der Waals surface area contributed by atoms with Gasteiger partial charge in [-0.3, -0.25) is 4.79 Å². The van der Waals surface area contributed by atoms with Crippen molar-refractivity contribution in [2.45, 2.75) is 32.7 Å². The fraction of sp³-hybridized carbons (Fsp3) is 0.238. The van der Waals surface area contributed by atoms with Gasteiger partial charge in [0.1, 0.15) is 0 Å². The highest BCUT2D eigenvalue weighted by atomic mass is 32.2. The van der Waals surface area contributed by atoms with Crippen molar-refractivity contribution < 1.29 is 9.52 Å². The fourth-order valence-electron chi connectivity index (χ4n) is 3.26. The lowest BCUT2D eigenvalue weighted by Gasteiger charge is -2.12. The molecule has 0 amide bonds. The van der Waals surface area contributed by atoms with E-state index in [9.17, 15) is 10.0 Å². The minimum atomic E-state index is 0.0302. The van der Waals surface area contributed by atoms with Crippen LogP contribution in [0.25, 0.3) is 5.69 Å². The summed E-state index contributed by atoms with van der Waals surface area (Å²) in [5.74, 6) is 0.270. The molecule has 0 atom stereocenters. The van der Waals surface area contributed by atoms with Crippen LogP contribution in [0, 0.1) is 32.9 Å². The van der Waals surface area contributed by atoms with Crippen LogP contribution in [0.1, 0.15) is 32.9 Å². The van der Waals surface area contributed by atoms with Gasteiger partial charge in [-0.2, -0.15) is 4.73 Å². The molecule has 2 aromatic heterocycles. The summed E-state index contributed by atoms with van der Waals surface area (Å²) in [5, 5.41) is 12.3. The van der Waals surface area contributed by atoms with Gasteiger partial charge in [-0.05, 0) is 74.8 Å². The lowest BCUT2D eigenvalue weighted by Crippen LogP contribution is -2.28. The van der Waals surface area contributed by atoms with Crippen molar-refractivity contribution in [3.63, 3.8) is 0 Å². The van der Waals surface area contributed by atoms with Crippen molar-refractivity contribution in [2.24, 2.45) is 0 Å². The van der Waals surface area contributed by atoms with Crippen LogP contribution in [0.15, 0.2) is 53.7 Å². The number of rotatable bonds is 5. The summed E-state index contributed by atoms with van der Waals surface area (Å²) in [6.07, 6.45) is 1.44. The van der Waals surface area contributed by atoms with Crippen LogP contribution in [0.5, 0.6) is 0 Å². The summed E-state index contributed by atoms with van der Waals surface area (Å²) in [5.41, 5.74) is 6.13. The number of pyridine rings is 1. The molecular formula is C21H22N2O2S. The maximum Gasteiger partial charge on any atom is 0.251 e. The van der Waals surface area contributed by atoms with Crippen LogP contribution >= 0.6 is 11.8 Å². The molecule has 4 nitrogen and oxygen atoms in total. The van der Waals surface area contributed by atoms with Crippen molar-refractivity contribution in [3.05, 3.63) is 81.9 Å². The zero-order valence-corrected chi connectivity index (χ0v) is 16.3. The van der Waals surface area contributed by atoms with Gasteiger partial charge in [0.05, 0.1) is 5.75 Å². The standard InChI is InChI=1S/C21H22N2O2S/c1-14-9-15(2)11-18(10-14)23-16(3)12-19(17(23)4)20(24)13-26-21-7-5-6-8-22(21)25/h5-12H,13H2,1-4H3. The van der Waals surface area contributed by atoms with Crippen LogP contribution < -0.4 is 4.73 Å². The number of ketones is 1. The summed E-state index contributed by atoms with van der Waals surface area (Å²) in [6, 6.07) is 13.5. The molecule has 26 heavy (non-hydrogen) atoms. The zero-order valence-electron chi connectivity index (χ0n) is 15.4. The van der Waals surface area contributed by atoms with Crippen LogP contribution in [-0.4, -0.2) is 16.1 Å². The van der Waals surface area contributed by atoms with E-state index in [4.69, 9.17) is 0 Å². The first kappa shape index (κ1) is 18.3. The Balaban J connectivity index is 1.87. The Morgan fingerprint density at radius 1 is 1.08 bits per heavy atom. The number of carbonyl (C=O) groups excluding carboxylic acids is 1. The molecule has 0 saturated heterocycles. The molecule has 0 spiro atoms. The van der Waals surface area contributed by atoms with E-state index in [0.29, 0.717) is 10.6 Å². The Morgan fingerprint density at radius 3 is 2.42 bits per heavy atom. The zero-order chi connectivity index (χ0) is 18.8. The minimum Gasteiger partial charge on any atom is -0.618 e. The molecule has 0 radical (unpaired) electrons. The van der Waals surface area contributed by atoms with Crippen molar-refractivity contribution in [3.8, 4) is 5.69 Å². The Bertz CT molecular complexity index is 956. The van der Waals surface area contributed by atoms with E-state index in [1.165, 1.54) is 29.1 Å². The third-order valence-electron chi connectivity index (χ3n) is 4.34. The van der Waals surface area contributed by atoms with E-state index in [2.05, 4.69) is 36.6 Å². The summed E-state index contributed by atoms with van der Waals surface area (Å²) in [7, 11) is 0. The third-order valence-corrected chi connectivity index (χ3v) is 5.35. The van der Waals surface area contributed by atoms with Crippen LogP contribution in [0.2, 0.25) is 0 Å². The third kappa shape index (κ3) is 3.68. The molecule has 0 saturated carbocycles. The SMILES string of the molecule is Cc1cc(C)cc(-n2c(C)cc(C(=O)CSc3cccc[n+]3[O-])c2C)c1. The number of hydrogen-bond donors (Lipinski definition) is 0. The number of aromatic nitrogens is 2. The monoisotopic (exact) mass is 366 g/mol. The highest BCUT2D eigenvalue weighted by molar-refractivity contribution is 7.99. The van der Waals surface area contributed by atoms with Gasteiger partial charge in [-0.15, -0.1) is 0 Å². The average Bonchev–Trinajstić information content (AvgIpc) is 2.87. The predicted octanol–water partition coefficient (Wildman–Crippen LogP) is 4.32. The first-order valence-electron chi connectivity index (χ1n) is 8.48. The molecule has 2 heterocycles. The van der Waals surface area contributed by atoms with Gasteiger partial charge in [-0.25, -0.2) is 0 Å². The second kappa shape index (κ2) is 7.38. The molecular weight excluding hydrogens is 344 g/mol. The molecule has 134 valence electrons. The number of benzene rings is 1. The summed E-state index contributed by atoms with van der Waals surface area (Å²) in [4.78, 5) is 12.7. The molecule has 1 aromatic carbocycles. The molecule has 0 N–H and O–H groups in total. The minimum absolute atomic E-state index is 0.0302. The van der Waals surface area contributed by atoms with E-state index in [1.54, 1.807) is 18.2 Å². The van der Waals surface area contributed by atoms with Crippen LogP contribution in [0.4, 0.5) is 0 Å². The van der Waals surface area contributed by atoms with E-state index < -0.39 is 0 Å². The quantitative estimate of drug-likeness (QED) is 0.292. The molecule has 0 fully saturated rings. The Hall–Kier alpha value is -2.53. The molecule has 0 aliphatic carbocycles. The Morgan fingerprint density at radius 2 is 1.77 bits per heavy atom. The predicted molar refractivity (Wildman–Crippen MR) is 105 cm³/mol. The molecule has 3 aromatic rings. The first-order chi connectivity index (χ1) is 12.4. The maximum absolute atomic E-state index is 12.7. The highest BCUT2D eigenvalue weighted by Gasteiger charge is 2.18. The number of thioether (sulfide) groups is 1. The highest BCUT2D eigenvalue weighted by Crippen LogP contribution is 2.24. The van der Waals surface area contributed by atoms with Crippen LogP contribution in [-0.2, 0) is 0 Å². The maximum atomic E-state index is 12.7. The van der Waals surface area contributed by atoms with Gasteiger partial charge in [0.25, 0.3) is 5.03 Å². The number of hydrogen-bond acceptors (Lipinski definition) is 3. The molecule has 0 unspecified atom stereocenters. The Labute approximate surface area is 158 Å². The Kier molecular flexibility index (Phi) is 5.18. The van der Waals surface area contributed by atoms with Gasteiger partial charge < -0.3 is 9.77 Å². The number of Topliss-reactive ketones (excluding diaryl/α,β-unsaturated/α-hetero) is 1. The lowest BCUT2D eigenvalue weighted by molar-refractivity contribution is -0.645. The van der Waals surface area contributed by atoms with Gasteiger partial charge in [0.15, 0.2) is 12.0 Å². The second-order valence-electron chi connectivity index (χ2n) is 6.54. The van der Waals surface area contributed by atoms with Gasteiger partial charge in [-0.1, -0.05) is 6.07 Å². The van der Waals surface area contributed by atoms with Crippen molar-refractivity contribution in [1.82, 2.24) is 4.57 Å². The van der Waals surface area contributed by atoms with E-state index in [0.717, 1.165) is 21.8 Å². The van der Waals surface area contributed by atoms with E-state index in [1.807, 2.05) is 19.9 Å². The van der Waals surface area contributed by atoms with Gasteiger partial charge >= 0.3 is 0 Å². The summed E-state index contributed by atoms with van der Waals surface area (Å²) < 4.78 is 2.91.